The number of nitrogens with zero attached hydrogens (tertiary/aromatic N) is 4. The molecule has 6 nitrogen and oxygen atoms in total. The third kappa shape index (κ3) is 3.99. The van der Waals surface area contributed by atoms with Gasteiger partial charge in [-0.25, -0.2) is 0 Å². The van der Waals surface area contributed by atoms with Crippen molar-refractivity contribution in [2.75, 3.05) is 0 Å². The first-order valence-electron chi connectivity index (χ1n) is 10.9. The van der Waals surface area contributed by atoms with E-state index in [0.29, 0.717) is 18.4 Å². The van der Waals surface area contributed by atoms with E-state index < -0.39 is 0 Å². The predicted molar refractivity (Wildman–Crippen MR) is 115 cm³/mol. The molecule has 1 aromatic carbocycles. The molecule has 3 aromatic rings. The lowest BCUT2D eigenvalue weighted by Gasteiger charge is -2.29. The van der Waals surface area contributed by atoms with E-state index in [-0.39, 0.29) is 11.9 Å². The van der Waals surface area contributed by atoms with Gasteiger partial charge in [-0.2, -0.15) is 5.10 Å². The molecule has 2 heterocycles. The van der Waals surface area contributed by atoms with Gasteiger partial charge in [0.05, 0.1) is 24.1 Å². The maximum atomic E-state index is 12.6. The van der Waals surface area contributed by atoms with Crippen molar-refractivity contribution < 1.29 is 4.79 Å². The number of aryl methyl sites for hydroxylation is 1. The highest BCUT2D eigenvalue weighted by atomic mass is 16.1. The van der Waals surface area contributed by atoms with Crippen LogP contribution in [0.3, 0.4) is 0 Å². The highest BCUT2D eigenvalue weighted by Gasteiger charge is 2.27. The van der Waals surface area contributed by atoms with Crippen molar-refractivity contribution in [3.05, 3.63) is 66.4 Å². The Hall–Kier alpha value is -3.02. The van der Waals surface area contributed by atoms with Gasteiger partial charge in [0.1, 0.15) is 0 Å². The molecule has 1 unspecified atom stereocenters. The number of benzene rings is 1. The van der Waals surface area contributed by atoms with Crippen molar-refractivity contribution in [1.29, 1.82) is 0 Å². The van der Waals surface area contributed by atoms with Gasteiger partial charge in [0.25, 0.3) is 0 Å². The van der Waals surface area contributed by atoms with Crippen LogP contribution in [0.5, 0.6) is 0 Å². The minimum Gasteiger partial charge on any atom is -0.353 e. The third-order valence-electron chi connectivity index (χ3n) is 6.59. The summed E-state index contributed by atoms with van der Waals surface area (Å²) in [6.45, 7) is 0. The number of hydrogen-bond donors (Lipinski definition) is 1. The summed E-state index contributed by atoms with van der Waals surface area (Å²) in [6.07, 6.45) is 15.9. The Morgan fingerprint density at radius 1 is 1.07 bits per heavy atom. The number of carbonyl (C=O) groups excluding carboxylic acids is 1. The van der Waals surface area contributed by atoms with Crippen molar-refractivity contribution in [2.24, 2.45) is 0 Å². The summed E-state index contributed by atoms with van der Waals surface area (Å²) in [5.74, 6) is 0.574. The van der Waals surface area contributed by atoms with E-state index in [2.05, 4.69) is 55.5 Å². The second-order valence-corrected chi connectivity index (χ2v) is 8.51. The zero-order valence-electron chi connectivity index (χ0n) is 17.1. The van der Waals surface area contributed by atoms with Crippen molar-refractivity contribution in [1.82, 2.24) is 25.1 Å². The summed E-state index contributed by atoms with van der Waals surface area (Å²) in [4.78, 5) is 21.1. The van der Waals surface area contributed by atoms with Crippen LogP contribution in [0.15, 0.2) is 55.2 Å². The summed E-state index contributed by atoms with van der Waals surface area (Å²) < 4.78 is 2.05. The second-order valence-electron chi connectivity index (χ2n) is 8.51. The van der Waals surface area contributed by atoms with Gasteiger partial charge in [-0.3, -0.25) is 19.4 Å². The Kier molecular flexibility index (Phi) is 5.30. The van der Waals surface area contributed by atoms with Crippen molar-refractivity contribution >= 4 is 5.91 Å². The number of nitrogens with one attached hydrogen (secondary N) is 1. The minimum atomic E-state index is 0.198. The van der Waals surface area contributed by atoms with Crippen LogP contribution in [0.4, 0.5) is 0 Å². The van der Waals surface area contributed by atoms with Gasteiger partial charge in [0, 0.05) is 36.6 Å². The van der Waals surface area contributed by atoms with Crippen LogP contribution in [-0.4, -0.2) is 31.7 Å². The lowest BCUT2D eigenvalue weighted by molar-refractivity contribution is -0.122. The molecule has 1 atom stereocenters. The lowest BCUT2D eigenvalue weighted by atomic mass is 9.90. The fourth-order valence-electron chi connectivity index (χ4n) is 4.97. The van der Waals surface area contributed by atoms with E-state index >= 15 is 0 Å². The van der Waals surface area contributed by atoms with E-state index in [1.54, 1.807) is 18.6 Å². The molecule has 1 amide bonds. The molecule has 0 spiro atoms. The van der Waals surface area contributed by atoms with Gasteiger partial charge in [-0.15, -0.1) is 0 Å². The Morgan fingerprint density at radius 2 is 1.93 bits per heavy atom. The SMILES string of the molecule is O=C(CC1CCc2ccccc21)NC1CCC(n2cc(-c3cnccn3)cn2)CC1. The summed E-state index contributed by atoms with van der Waals surface area (Å²) >= 11 is 0. The first kappa shape index (κ1) is 19.0. The highest BCUT2D eigenvalue weighted by molar-refractivity contribution is 5.77. The highest BCUT2D eigenvalue weighted by Crippen LogP contribution is 2.35. The van der Waals surface area contributed by atoms with Crippen LogP contribution in [-0.2, 0) is 11.2 Å². The van der Waals surface area contributed by atoms with E-state index in [1.807, 2.05) is 6.20 Å². The first-order chi connectivity index (χ1) is 14.8. The minimum absolute atomic E-state index is 0.198. The van der Waals surface area contributed by atoms with Crippen LogP contribution >= 0.6 is 0 Å². The van der Waals surface area contributed by atoms with Gasteiger partial charge in [-0.1, -0.05) is 24.3 Å². The molecule has 154 valence electrons. The van der Waals surface area contributed by atoms with Crippen LogP contribution in [0.2, 0.25) is 0 Å². The van der Waals surface area contributed by atoms with Gasteiger partial charge < -0.3 is 5.32 Å². The van der Waals surface area contributed by atoms with E-state index in [1.165, 1.54) is 11.1 Å². The maximum absolute atomic E-state index is 12.6. The molecule has 2 aliphatic carbocycles. The average molecular weight is 402 g/mol. The molecule has 0 bridgehead atoms. The zero-order valence-corrected chi connectivity index (χ0v) is 17.1. The van der Waals surface area contributed by atoms with Crippen molar-refractivity contribution in [3.8, 4) is 11.3 Å². The molecule has 5 rings (SSSR count). The molecule has 1 fully saturated rings. The molecule has 6 heteroatoms. The molecule has 2 aliphatic rings. The molecular formula is C24H27N5O. The number of fused-ring (bicyclic) bond motifs is 1. The van der Waals surface area contributed by atoms with Crippen molar-refractivity contribution in [2.45, 2.75) is 62.9 Å². The first-order valence-corrected chi connectivity index (χ1v) is 10.9. The molecule has 1 N–H and O–H groups in total. The molecule has 0 radical (unpaired) electrons. The molecule has 0 saturated heterocycles. The monoisotopic (exact) mass is 401 g/mol. The molecular weight excluding hydrogens is 374 g/mol. The largest absolute Gasteiger partial charge is 0.353 e. The topological polar surface area (TPSA) is 72.7 Å². The third-order valence-corrected chi connectivity index (χ3v) is 6.59. The normalized spacial score (nSPS) is 23.1. The Labute approximate surface area is 176 Å². The number of aromatic nitrogens is 4. The lowest BCUT2D eigenvalue weighted by Crippen LogP contribution is -2.38. The summed E-state index contributed by atoms with van der Waals surface area (Å²) in [5, 5.41) is 7.85. The molecule has 30 heavy (non-hydrogen) atoms. The Morgan fingerprint density at radius 3 is 2.77 bits per heavy atom. The van der Waals surface area contributed by atoms with Gasteiger partial charge in [0.15, 0.2) is 0 Å². The molecule has 2 aromatic heterocycles. The summed E-state index contributed by atoms with van der Waals surface area (Å²) in [5.41, 5.74) is 4.62. The van der Waals surface area contributed by atoms with Crippen LogP contribution in [0.1, 0.15) is 61.6 Å². The predicted octanol–water partition coefficient (Wildman–Crippen LogP) is 4.06. The second kappa shape index (κ2) is 8.38. The standard InChI is InChI=1S/C24H27N5O/c30-24(13-18-6-5-17-3-1-2-4-22(17)18)28-20-7-9-21(10-8-20)29-16-19(14-27-29)23-15-25-11-12-26-23/h1-4,11-12,14-16,18,20-21H,5-10,13H2,(H,28,30). The van der Waals surface area contributed by atoms with E-state index in [0.717, 1.165) is 49.8 Å². The fraction of sp³-hybridized carbons (Fsp3) is 0.417. The van der Waals surface area contributed by atoms with Crippen LogP contribution < -0.4 is 5.32 Å². The quantitative estimate of drug-likeness (QED) is 0.700. The van der Waals surface area contributed by atoms with Gasteiger partial charge >= 0.3 is 0 Å². The Balaban J connectivity index is 1.13. The van der Waals surface area contributed by atoms with Crippen molar-refractivity contribution in [3.63, 3.8) is 0 Å². The Bertz CT molecular complexity index is 1010. The maximum Gasteiger partial charge on any atom is 0.220 e. The van der Waals surface area contributed by atoms with Crippen LogP contribution in [0, 0.1) is 0 Å². The van der Waals surface area contributed by atoms with E-state index in [4.69, 9.17) is 0 Å². The van der Waals surface area contributed by atoms with Gasteiger partial charge in [-0.05, 0) is 55.6 Å². The average Bonchev–Trinajstić information content (AvgIpc) is 3.43. The van der Waals surface area contributed by atoms with Crippen LogP contribution in [0.25, 0.3) is 11.3 Å². The summed E-state index contributed by atoms with van der Waals surface area (Å²) in [7, 11) is 0. The van der Waals surface area contributed by atoms with Gasteiger partial charge in [0.2, 0.25) is 5.91 Å². The number of carbonyl (C=O) groups is 1. The smallest absolute Gasteiger partial charge is 0.220 e. The molecule has 1 saturated carbocycles. The zero-order chi connectivity index (χ0) is 20.3. The summed E-state index contributed by atoms with van der Waals surface area (Å²) in [6, 6.07) is 9.21. The fourth-order valence-corrected chi connectivity index (χ4v) is 4.97. The number of rotatable bonds is 5. The van der Waals surface area contributed by atoms with E-state index in [9.17, 15) is 4.79 Å². The molecule has 0 aliphatic heterocycles. The number of amides is 1. The number of hydrogen-bond acceptors (Lipinski definition) is 4.